The molecule has 0 radical (unpaired) electrons. The van der Waals surface area contributed by atoms with Crippen LogP contribution in [0.5, 0.6) is 0 Å². The first-order valence-electron chi connectivity index (χ1n) is 4.94. The summed E-state index contributed by atoms with van der Waals surface area (Å²) in [5, 5.41) is 0.490. The second-order valence-electron chi connectivity index (χ2n) is 4.60. The van der Waals surface area contributed by atoms with Gasteiger partial charge in [-0.1, -0.05) is 26.8 Å². The van der Waals surface area contributed by atoms with E-state index in [1.54, 1.807) is 0 Å². The van der Waals surface area contributed by atoms with Crippen LogP contribution in [0.15, 0.2) is 18.3 Å². The number of hydrogen-bond donors (Lipinski definition) is 0. The summed E-state index contributed by atoms with van der Waals surface area (Å²) in [7, 11) is 0. The quantitative estimate of drug-likeness (QED) is 0.734. The average molecular weight is 209 g/mol. The van der Waals surface area contributed by atoms with E-state index in [2.05, 4.69) is 51.1 Å². The van der Waals surface area contributed by atoms with E-state index in [0.717, 1.165) is 0 Å². The van der Waals surface area contributed by atoms with Gasteiger partial charge in [-0.3, -0.25) is 4.98 Å². The highest BCUT2D eigenvalue weighted by atomic mass is 32.2. The average Bonchev–Trinajstić information content (AvgIpc) is 2.15. The first kappa shape index (κ1) is 11.6. The van der Waals surface area contributed by atoms with Crippen LogP contribution in [0.2, 0.25) is 0 Å². The van der Waals surface area contributed by atoms with Crippen LogP contribution in [0, 0.1) is 0 Å². The minimum Gasteiger partial charge on any atom is -0.260 e. The summed E-state index contributed by atoms with van der Waals surface area (Å²) in [6.45, 7) is 8.81. The van der Waals surface area contributed by atoms with Crippen molar-refractivity contribution in [2.75, 3.05) is 6.26 Å². The van der Waals surface area contributed by atoms with Gasteiger partial charge in [0.15, 0.2) is 0 Å². The topological polar surface area (TPSA) is 12.9 Å². The van der Waals surface area contributed by atoms with E-state index in [4.69, 9.17) is 0 Å². The van der Waals surface area contributed by atoms with E-state index in [1.165, 1.54) is 11.3 Å². The second kappa shape index (κ2) is 4.35. The van der Waals surface area contributed by atoms with Crippen molar-refractivity contribution < 1.29 is 0 Å². The Morgan fingerprint density at radius 1 is 1.29 bits per heavy atom. The Kier molecular flexibility index (Phi) is 3.59. The summed E-state index contributed by atoms with van der Waals surface area (Å²) in [6.07, 6.45) is 4.12. The van der Waals surface area contributed by atoms with Gasteiger partial charge >= 0.3 is 0 Å². The van der Waals surface area contributed by atoms with E-state index >= 15 is 0 Å². The number of thioether (sulfide) groups is 1. The van der Waals surface area contributed by atoms with Crippen LogP contribution in [-0.2, 0) is 5.41 Å². The highest BCUT2D eigenvalue weighted by Crippen LogP contribution is 2.26. The third-order valence-electron chi connectivity index (χ3n) is 2.42. The van der Waals surface area contributed by atoms with Crippen molar-refractivity contribution in [3.8, 4) is 0 Å². The SMILES string of the molecule is CSC(C)c1ccc(C(C)(C)C)cn1. The van der Waals surface area contributed by atoms with Crippen LogP contribution in [0.25, 0.3) is 0 Å². The number of pyridine rings is 1. The van der Waals surface area contributed by atoms with Crippen LogP contribution in [-0.4, -0.2) is 11.2 Å². The predicted octanol–water partition coefficient (Wildman–Crippen LogP) is 3.80. The van der Waals surface area contributed by atoms with Crippen molar-refractivity contribution >= 4 is 11.8 Å². The fourth-order valence-corrected chi connectivity index (χ4v) is 1.59. The molecule has 0 aliphatic rings. The first-order chi connectivity index (χ1) is 6.45. The molecule has 1 aromatic heterocycles. The molecule has 2 heteroatoms. The fraction of sp³-hybridized carbons (Fsp3) is 0.583. The van der Waals surface area contributed by atoms with Gasteiger partial charge in [-0.25, -0.2) is 0 Å². The Bertz CT molecular complexity index is 284. The van der Waals surface area contributed by atoms with E-state index < -0.39 is 0 Å². The number of aromatic nitrogens is 1. The standard InChI is InChI=1S/C12H19NS/c1-9(14-5)11-7-6-10(8-13-11)12(2,3)4/h6-9H,1-5H3. The maximum Gasteiger partial charge on any atom is 0.0530 e. The maximum absolute atomic E-state index is 4.50. The molecule has 1 unspecified atom stereocenters. The molecule has 78 valence electrons. The highest BCUT2D eigenvalue weighted by Gasteiger charge is 2.14. The summed E-state index contributed by atoms with van der Waals surface area (Å²) in [4.78, 5) is 4.50. The summed E-state index contributed by atoms with van der Waals surface area (Å²) in [6, 6.07) is 4.33. The molecule has 0 aliphatic carbocycles. The van der Waals surface area contributed by atoms with E-state index in [9.17, 15) is 0 Å². The van der Waals surface area contributed by atoms with Crippen LogP contribution >= 0.6 is 11.8 Å². The molecule has 14 heavy (non-hydrogen) atoms. The van der Waals surface area contributed by atoms with Gasteiger partial charge in [0, 0.05) is 11.4 Å². The maximum atomic E-state index is 4.50. The number of rotatable bonds is 2. The molecule has 0 fully saturated rings. The smallest absolute Gasteiger partial charge is 0.0530 e. The largest absolute Gasteiger partial charge is 0.260 e. The van der Waals surface area contributed by atoms with Crippen LogP contribution in [0.3, 0.4) is 0 Å². The Balaban J connectivity index is 2.89. The predicted molar refractivity (Wildman–Crippen MR) is 64.9 cm³/mol. The lowest BCUT2D eigenvalue weighted by Crippen LogP contribution is -2.11. The molecular weight excluding hydrogens is 190 g/mol. The Morgan fingerprint density at radius 3 is 2.29 bits per heavy atom. The van der Waals surface area contributed by atoms with E-state index in [1.807, 2.05) is 18.0 Å². The lowest BCUT2D eigenvalue weighted by Gasteiger charge is -2.19. The summed E-state index contributed by atoms with van der Waals surface area (Å²) in [5.41, 5.74) is 2.67. The molecule has 0 saturated carbocycles. The zero-order valence-electron chi connectivity index (χ0n) is 9.66. The molecule has 1 nitrogen and oxygen atoms in total. The molecule has 0 bridgehead atoms. The van der Waals surface area contributed by atoms with Gasteiger partial charge in [-0.2, -0.15) is 11.8 Å². The molecule has 0 amide bonds. The first-order valence-corrected chi connectivity index (χ1v) is 6.23. The minimum absolute atomic E-state index is 0.203. The van der Waals surface area contributed by atoms with Gasteiger partial charge in [-0.15, -0.1) is 0 Å². The Morgan fingerprint density at radius 2 is 1.93 bits per heavy atom. The third kappa shape index (κ3) is 2.74. The second-order valence-corrected chi connectivity index (χ2v) is 5.78. The van der Waals surface area contributed by atoms with Gasteiger partial charge in [-0.05, 0) is 30.2 Å². The van der Waals surface area contributed by atoms with Crippen molar-refractivity contribution in [3.05, 3.63) is 29.6 Å². The lowest BCUT2D eigenvalue weighted by atomic mass is 9.88. The molecule has 1 aromatic rings. The van der Waals surface area contributed by atoms with Crippen LogP contribution < -0.4 is 0 Å². The Labute approximate surface area is 91.3 Å². The van der Waals surface area contributed by atoms with E-state index in [-0.39, 0.29) is 5.41 Å². The molecule has 0 N–H and O–H groups in total. The molecule has 0 saturated heterocycles. The van der Waals surface area contributed by atoms with E-state index in [0.29, 0.717) is 5.25 Å². The molecule has 0 aromatic carbocycles. The molecule has 0 aliphatic heterocycles. The molecule has 1 rings (SSSR count). The van der Waals surface area contributed by atoms with Crippen molar-refractivity contribution in [3.63, 3.8) is 0 Å². The normalized spacial score (nSPS) is 14.1. The minimum atomic E-state index is 0.203. The summed E-state index contributed by atoms with van der Waals surface area (Å²) >= 11 is 1.83. The Hall–Kier alpha value is -0.500. The molecule has 1 atom stereocenters. The summed E-state index contributed by atoms with van der Waals surface area (Å²) < 4.78 is 0. The summed E-state index contributed by atoms with van der Waals surface area (Å²) in [5.74, 6) is 0. The van der Waals surface area contributed by atoms with Gasteiger partial charge < -0.3 is 0 Å². The number of hydrogen-bond acceptors (Lipinski definition) is 2. The lowest BCUT2D eigenvalue weighted by molar-refractivity contribution is 0.586. The highest BCUT2D eigenvalue weighted by molar-refractivity contribution is 7.98. The van der Waals surface area contributed by atoms with Crippen molar-refractivity contribution in [2.45, 2.75) is 38.4 Å². The van der Waals surface area contributed by atoms with Gasteiger partial charge in [0.05, 0.1) is 5.69 Å². The molecular formula is C12H19NS. The number of nitrogens with zero attached hydrogens (tertiary/aromatic N) is 1. The monoisotopic (exact) mass is 209 g/mol. The van der Waals surface area contributed by atoms with Crippen molar-refractivity contribution in [1.29, 1.82) is 0 Å². The van der Waals surface area contributed by atoms with Gasteiger partial charge in [0.1, 0.15) is 0 Å². The van der Waals surface area contributed by atoms with Crippen LogP contribution in [0.1, 0.15) is 44.2 Å². The van der Waals surface area contributed by atoms with Crippen LogP contribution in [0.4, 0.5) is 0 Å². The zero-order chi connectivity index (χ0) is 10.8. The fourth-order valence-electron chi connectivity index (χ4n) is 1.21. The van der Waals surface area contributed by atoms with Gasteiger partial charge in [0.2, 0.25) is 0 Å². The molecule has 1 heterocycles. The zero-order valence-corrected chi connectivity index (χ0v) is 10.5. The van der Waals surface area contributed by atoms with Gasteiger partial charge in [0.25, 0.3) is 0 Å². The van der Waals surface area contributed by atoms with Crippen molar-refractivity contribution in [1.82, 2.24) is 4.98 Å². The third-order valence-corrected chi connectivity index (χ3v) is 3.37. The van der Waals surface area contributed by atoms with Crippen molar-refractivity contribution in [2.24, 2.45) is 0 Å². The molecule has 0 spiro atoms.